The van der Waals surface area contributed by atoms with Crippen LogP contribution < -0.4 is 15.9 Å². The van der Waals surface area contributed by atoms with Gasteiger partial charge in [0, 0.05) is 38.4 Å². The molecule has 6 aromatic carbocycles. The van der Waals surface area contributed by atoms with Gasteiger partial charge in [-0.2, -0.15) is 0 Å². The highest BCUT2D eigenvalue weighted by Gasteiger charge is 2.30. The molecule has 0 saturated carbocycles. The van der Waals surface area contributed by atoms with E-state index in [2.05, 4.69) is 77.2 Å². The number of aromatic nitrogens is 3. The van der Waals surface area contributed by atoms with Crippen LogP contribution in [0.2, 0.25) is 0 Å². The van der Waals surface area contributed by atoms with Gasteiger partial charge in [0.15, 0.2) is 7.14 Å². The summed E-state index contributed by atoms with van der Waals surface area (Å²) < 4.78 is 17.1. The van der Waals surface area contributed by atoms with E-state index < -0.39 is 7.14 Å². The molecule has 0 saturated heterocycles. The van der Waals surface area contributed by atoms with Crippen LogP contribution in [0.1, 0.15) is 0 Å². The molecule has 3 aromatic heterocycles. The van der Waals surface area contributed by atoms with Gasteiger partial charge in [0.25, 0.3) is 0 Å². The highest BCUT2D eigenvalue weighted by Crippen LogP contribution is 2.42. The molecule has 0 radical (unpaired) electrons. The van der Waals surface area contributed by atoms with E-state index in [-0.39, 0.29) is 0 Å². The third kappa shape index (κ3) is 3.90. The van der Waals surface area contributed by atoms with Crippen LogP contribution >= 0.6 is 7.14 Å². The highest BCUT2D eigenvalue weighted by atomic mass is 31.2. The van der Waals surface area contributed by atoms with E-state index in [1.54, 1.807) is 6.20 Å². The quantitative estimate of drug-likeness (QED) is 0.151. The Labute approximate surface area is 259 Å². The Morgan fingerprint density at radius 1 is 0.533 bits per heavy atom. The van der Waals surface area contributed by atoms with Crippen LogP contribution in [0.5, 0.6) is 0 Å². The molecule has 0 atom stereocenters. The summed E-state index contributed by atoms with van der Waals surface area (Å²) in [6.45, 7) is 0. The first kappa shape index (κ1) is 25.9. The summed E-state index contributed by atoms with van der Waals surface area (Å²) >= 11 is 0. The number of para-hydroxylation sites is 2. The van der Waals surface area contributed by atoms with Crippen molar-refractivity contribution in [3.05, 3.63) is 158 Å². The van der Waals surface area contributed by atoms with Crippen molar-refractivity contribution in [2.45, 2.75) is 0 Å². The third-order valence-electron chi connectivity index (χ3n) is 8.89. The lowest BCUT2D eigenvalue weighted by molar-refractivity contribution is 0.592. The maximum Gasteiger partial charge on any atom is 0.172 e. The Kier molecular flexibility index (Phi) is 5.74. The van der Waals surface area contributed by atoms with Crippen molar-refractivity contribution in [2.75, 3.05) is 0 Å². The minimum Gasteiger partial charge on any atom is -0.309 e. The van der Waals surface area contributed by atoms with Crippen LogP contribution in [0, 0.1) is 0 Å². The molecule has 0 aliphatic rings. The zero-order valence-electron chi connectivity index (χ0n) is 24.2. The molecule has 9 aromatic rings. The highest BCUT2D eigenvalue weighted by molar-refractivity contribution is 7.85. The Morgan fingerprint density at radius 3 is 1.98 bits per heavy atom. The van der Waals surface area contributed by atoms with Crippen molar-refractivity contribution >= 4 is 72.2 Å². The van der Waals surface area contributed by atoms with Crippen LogP contribution in [0.3, 0.4) is 0 Å². The minimum atomic E-state index is -3.10. The monoisotopic (exact) mass is 595 g/mol. The fraction of sp³-hybridized carbons (Fsp3) is 0. The maximum atomic E-state index is 14.8. The maximum absolute atomic E-state index is 14.8. The Morgan fingerprint density at radius 2 is 1.22 bits per heavy atom. The summed E-state index contributed by atoms with van der Waals surface area (Å²) in [5.41, 5.74) is 5.86. The molecular weight excluding hydrogens is 569 g/mol. The second-order valence-corrected chi connectivity index (χ2v) is 14.2. The number of pyridine rings is 2. The van der Waals surface area contributed by atoms with E-state index in [0.29, 0.717) is 5.30 Å². The lowest BCUT2D eigenvalue weighted by Gasteiger charge is -2.20. The normalized spacial score (nSPS) is 12.1. The van der Waals surface area contributed by atoms with Crippen LogP contribution in [0.25, 0.3) is 60.4 Å². The smallest absolute Gasteiger partial charge is 0.172 e. The van der Waals surface area contributed by atoms with Gasteiger partial charge in [-0.3, -0.25) is 9.38 Å². The van der Waals surface area contributed by atoms with Crippen molar-refractivity contribution < 1.29 is 4.57 Å². The predicted molar refractivity (Wildman–Crippen MR) is 188 cm³/mol. The molecule has 0 spiro atoms. The zero-order valence-corrected chi connectivity index (χ0v) is 25.1. The van der Waals surface area contributed by atoms with Gasteiger partial charge in [-0.25, -0.2) is 4.98 Å². The lowest BCUT2D eigenvalue weighted by atomic mass is 9.98. The first-order valence-electron chi connectivity index (χ1n) is 15.0. The predicted octanol–water partition coefficient (Wildman–Crippen LogP) is 8.65. The molecule has 0 bridgehead atoms. The molecule has 3 heterocycles. The van der Waals surface area contributed by atoms with Gasteiger partial charge in [-0.15, -0.1) is 0 Å². The molecule has 0 aliphatic heterocycles. The molecule has 0 fully saturated rings. The number of imidazole rings is 1. The van der Waals surface area contributed by atoms with E-state index in [1.165, 1.54) is 16.2 Å². The van der Waals surface area contributed by atoms with Crippen LogP contribution in [0.4, 0.5) is 0 Å². The average molecular weight is 596 g/mol. The summed E-state index contributed by atoms with van der Waals surface area (Å²) in [7, 11) is -3.10. The standard InChI is InChI=1S/C40H26N3OP/c44-45(29-12-3-1-4-13-29,30-14-5-2-6-15-30)31-21-24-35(41-26-31)28-20-22-33-34-23-19-27-11-7-8-16-32(27)39(34)40-42-36-17-9-10-18-37(36)43(40)38(33)25-28/h1-26H. The topological polar surface area (TPSA) is 47.3 Å². The number of hydrogen-bond acceptors (Lipinski definition) is 3. The fourth-order valence-electron chi connectivity index (χ4n) is 6.74. The van der Waals surface area contributed by atoms with Gasteiger partial charge in [-0.05, 0) is 46.5 Å². The molecule has 0 unspecified atom stereocenters. The van der Waals surface area contributed by atoms with Crippen LogP contribution in [-0.2, 0) is 4.57 Å². The molecular formula is C40H26N3OP. The number of benzene rings is 6. The summed E-state index contributed by atoms with van der Waals surface area (Å²) in [5, 5.41) is 8.19. The Hall–Kier alpha value is -5.57. The lowest BCUT2D eigenvalue weighted by Crippen LogP contribution is -2.25. The van der Waals surface area contributed by atoms with E-state index in [4.69, 9.17) is 9.97 Å². The Balaban J connectivity index is 1.26. The van der Waals surface area contributed by atoms with Crippen molar-refractivity contribution in [1.29, 1.82) is 0 Å². The molecule has 0 amide bonds. The van der Waals surface area contributed by atoms with Gasteiger partial charge in [0.05, 0.1) is 22.2 Å². The largest absolute Gasteiger partial charge is 0.309 e. The second kappa shape index (κ2) is 9.99. The van der Waals surface area contributed by atoms with Gasteiger partial charge in [0.1, 0.15) is 5.65 Å². The summed E-state index contributed by atoms with van der Waals surface area (Å²) in [6.07, 6.45) is 1.79. The summed E-state index contributed by atoms with van der Waals surface area (Å²) in [5.74, 6) is 0. The molecule has 0 aliphatic carbocycles. The van der Waals surface area contributed by atoms with Crippen molar-refractivity contribution in [3.8, 4) is 11.3 Å². The van der Waals surface area contributed by atoms with E-state index in [1.807, 2.05) is 78.9 Å². The van der Waals surface area contributed by atoms with Gasteiger partial charge >= 0.3 is 0 Å². The van der Waals surface area contributed by atoms with E-state index in [0.717, 1.165) is 54.8 Å². The molecule has 4 nitrogen and oxygen atoms in total. The van der Waals surface area contributed by atoms with Crippen LogP contribution in [0.15, 0.2) is 158 Å². The van der Waals surface area contributed by atoms with Crippen molar-refractivity contribution in [1.82, 2.24) is 14.4 Å². The average Bonchev–Trinajstić information content (AvgIpc) is 3.51. The zero-order chi connectivity index (χ0) is 30.0. The number of rotatable bonds is 4. The third-order valence-corrected chi connectivity index (χ3v) is 11.9. The fourth-order valence-corrected chi connectivity index (χ4v) is 9.33. The van der Waals surface area contributed by atoms with Gasteiger partial charge in [0.2, 0.25) is 0 Å². The SMILES string of the molecule is O=P(c1ccccc1)(c1ccccc1)c1ccc(-c2ccc3c4ccc5ccccc5c4c4nc5ccccc5n4c3c2)nc1. The molecule has 0 N–H and O–H groups in total. The molecule has 212 valence electrons. The first-order chi connectivity index (χ1) is 22.2. The van der Waals surface area contributed by atoms with E-state index >= 15 is 0 Å². The Bertz CT molecular complexity index is 2570. The minimum absolute atomic E-state index is 0.713. The molecule has 45 heavy (non-hydrogen) atoms. The second-order valence-electron chi connectivity index (χ2n) is 11.4. The van der Waals surface area contributed by atoms with E-state index in [9.17, 15) is 4.57 Å². The summed E-state index contributed by atoms with van der Waals surface area (Å²) in [6, 6.07) is 51.2. The number of fused-ring (bicyclic) bond motifs is 10. The summed E-state index contributed by atoms with van der Waals surface area (Å²) in [4.78, 5) is 10.1. The van der Waals surface area contributed by atoms with Crippen LogP contribution in [-0.4, -0.2) is 14.4 Å². The van der Waals surface area contributed by atoms with Gasteiger partial charge in [-0.1, -0.05) is 121 Å². The first-order valence-corrected chi connectivity index (χ1v) is 16.7. The molecule has 5 heteroatoms. The van der Waals surface area contributed by atoms with Crippen molar-refractivity contribution in [3.63, 3.8) is 0 Å². The van der Waals surface area contributed by atoms with Gasteiger partial charge < -0.3 is 4.57 Å². The van der Waals surface area contributed by atoms with Crippen molar-refractivity contribution in [2.24, 2.45) is 0 Å². The number of hydrogen-bond donors (Lipinski definition) is 0. The number of nitrogens with zero attached hydrogens (tertiary/aromatic N) is 3. The molecule has 9 rings (SSSR count).